The molecule has 2 aliphatic rings. The smallest absolute Gasteiger partial charge is 0.340 e. The summed E-state index contributed by atoms with van der Waals surface area (Å²) in [7, 11) is 0. The summed E-state index contributed by atoms with van der Waals surface area (Å²) in [6.45, 7) is 4.23. The van der Waals surface area contributed by atoms with Gasteiger partial charge in [-0.05, 0) is 31.2 Å². The van der Waals surface area contributed by atoms with E-state index in [1.165, 1.54) is 0 Å². The lowest BCUT2D eigenvalue weighted by Crippen LogP contribution is -2.53. The second kappa shape index (κ2) is 10.4. The Morgan fingerprint density at radius 2 is 1.79 bits per heavy atom. The summed E-state index contributed by atoms with van der Waals surface area (Å²) in [6, 6.07) is 14.0. The summed E-state index contributed by atoms with van der Waals surface area (Å²) < 4.78 is 16.4. The highest BCUT2D eigenvalue weighted by atomic mass is 16.5. The molecule has 0 radical (unpaired) electrons. The van der Waals surface area contributed by atoms with Crippen LogP contribution in [-0.4, -0.2) is 74.8 Å². The molecule has 2 aromatic carbocycles. The third kappa shape index (κ3) is 5.25. The lowest BCUT2D eigenvalue weighted by atomic mass is 10.1. The minimum atomic E-state index is -0.724. The van der Waals surface area contributed by atoms with Gasteiger partial charge in [0.1, 0.15) is 5.75 Å². The molecule has 2 heterocycles. The van der Waals surface area contributed by atoms with Crippen LogP contribution in [0.25, 0.3) is 0 Å². The molecule has 2 aliphatic heterocycles. The van der Waals surface area contributed by atoms with E-state index in [1.807, 2.05) is 23.1 Å². The molecule has 1 N–H and O–H groups in total. The molecule has 1 fully saturated rings. The summed E-state index contributed by atoms with van der Waals surface area (Å²) in [5.74, 6) is -0.386. The van der Waals surface area contributed by atoms with Gasteiger partial charge in [-0.1, -0.05) is 24.3 Å². The van der Waals surface area contributed by atoms with Gasteiger partial charge in [0.25, 0.3) is 5.91 Å². The number of hydrogen-bond donors (Lipinski definition) is 1. The Morgan fingerprint density at radius 3 is 2.58 bits per heavy atom. The fourth-order valence-electron chi connectivity index (χ4n) is 3.91. The summed E-state index contributed by atoms with van der Waals surface area (Å²) in [4.78, 5) is 41.8. The zero-order valence-corrected chi connectivity index (χ0v) is 18.5. The predicted octanol–water partition coefficient (Wildman–Crippen LogP) is 1.93. The maximum atomic E-state index is 13.0. The first kappa shape index (κ1) is 22.6. The number of carbonyl (C=O) groups is 3. The van der Waals surface area contributed by atoms with E-state index in [0.717, 1.165) is 5.69 Å². The standard InChI is InChI=1S/C24H27N3O6/c1-2-32-24(30)17-7-3-4-8-18(17)25-22(28)16-27-15-21(23(29)26-11-13-31-14-12-26)33-20-10-6-5-9-19(20)27/h3-10,21H,2,11-16H2,1H3,(H,25,28)/t21-/m1/s1. The highest BCUT2D eigenvalue weighted by Gasteiger charge is 2.34. The van der Waals surface area contributed by atoms with Gasteiger partial charge >= 0.3 is 5.97 Å². The zero-order valence-electron chi connectivity index (χ0n) is 18.5. The van der Waals surface area contributed by atoms with Crippen molar-refractivity contribution in [2.45, 2.75) is 13.0 Å². The fraction of sp³-hybridized carbons (Fsp3) is 0.375. The molecule has 0 saturated carbocycles. The van der Waals surface area contributed by atoms with E-state index in [4.69, 9.17) is 14.2 Å². The Kier molecular flexibility index (Phi) is 7.09. The highest BCUT2D eigenvalue weighted by molar-refractivity contribution is 6.02. The number of nitrogens with one attached hydrogen (secondary N) is 1. The average molecular weight is 453 g/mol. The van der Waals surface area contributed by atoms with Crippen molar-refractivity contribution < 1.29 is 28.6 Å². The van der Waals surface area contributed by atoms with Gasteiger partial charge in [-0.15, -0.1) is 0 Å². The van der Waals surface area contributed by atoms with Crippen molar-refractivity contribution in [3.63, 3.8) is 0 Å². The Morgan fingerprint density at radius 1 is 1.06 bits per heavy atom. The molecule has 4 rings (SSSR count). The minimum Gasteiger partial charge on any atom is -0.477 e. The number of benzene rings is 2. The molecule has 2 amide bonds. The Hall–Kier alpha value is -3.59. The van der Waals surface area contributed by atoms with E-state index >= 15 is 0 Å². The molecule has 9 nitrogen and oxygen atoms in total. The Balaban J connectivity index is 1.49. The SMILES string of the molecule is CCOC(=O)c1ccccc1NC(=O)CN1C[C@H](C(=O)N2CCOCC2)Oc2ccccc21. The fourth-order valence-corrected chi connectivity index (χ4v) is 3.91. The molecular weight excluding hydrogens is 426 g/mol. The van der Waals surface area contributed by atoms with Gasteiger partial charge in [0.2, 0.25) is 5.91 Å². The Bertz CT molecular complexity index is 1020. The van der Waals surface area contributed by atoms with Crippen molar-refractivity contribution in [3.05, 3.63) is 54.1 Å². The van der Waals surface area contributed by atoms with Crippen molar-refractivity contribution in [1.29, 1.82) is 0 Å². The van der Waals surface area contributed by atoms with E-state index in [0.29, 0.717) is 37.7 Å². The number of hydrogen-bond acceptors (Lipinski definition) is 7. The number of anilines is 2. The number of rotatable bonds is 6. The second-order valence-electron chi connectivity index (χ2n) is 7.71. The van der Waals surface area contributed by atoms with Gasteiger partial charge in [0, 0.05) is 13.1 Å². The number of carbonyl (C=O) groups excluding carboxylic acids is 3. The molecule has 0 aromatic heterocycles. The van der Waals surface area contributed by atoms with Gasteiger partial charge in [0.05, 0.1) is 49.8 Å². The van der Waals surface area contributed by atoms with Crippen molar-refractivity contribution in [1.82, 2.24) is 4.90 Å². The van der Waals surface area contributed by atoms with Crippen LogP contribution >= 0.6 is 0 Å². The summed E-state index contributed by atoms with van der Waals surface area (Å²) >= 11 is 0. The molecule has 1 saturated heterocycles. The molecule has 0 unspecified atom stereocenters. The van der Waals surface area contributed by atoms with Crippen LogP contribution in [0.1, 0.15) is 17.3 Å². The van der Waals surface area contributed by atoms with Gasteiger partial charge in [-0.25, -0.2) is 4.79 Å². The first-order chi connectivity index (χ1) is 16.1. The quantitative estimate of drug-likeness (QED) is 0.668. The van der Waals surface area contributed by atoms with Crippen molar-refractivity contribution >= 4 is 29.2 Å². The molecule has 2 aromatic rings. The van der Waals surface area contributed by atoms with Crippen LogP contribution in [0, 0.1) is 0 Å². The number of para-hydroxylation sites is 3. The van der Waals surface area contributed by atoms with E-state index in [1.54, 1.807) is 42.2 Å². The monoisotopic (exact) mass is 453 g/mol. The van der Waals surface area contributed by atoms with Crippen LogP contribution < -0.4 is 15.0 Å². The first-order valence-corrected chi connectivity index (χ1v) is 11.0. The molecule has 1 atom stereocenters. The van der Waals surface area contributed by atoms with Crippen LogP contribution in [0.15, 0.2) is 48.5 Å². The zero-order chi connectivity index (χ0) is 23.2. The molecule has 0 aliphatic carbocycles. The van der Waals surface area contributed by atoms with Gasteiger partial charge < -0.3 is 29.3 Å². The van der Waals surface area contributed by atoms with Gasteiger partial charge in [0.15, 0.2) is 6.10 Å². The average Bonchev–Trinajstić information content (AvgIpc) is 2.84. The predicted molar refractivity (Wildman–Crippen MR) is 121 cm³/mol. The van der Waals surface area contributed by atoms with E-state index in [-0.39, 0.29) is 37.1 Å². The number of amides is 2. The summed E-state index contributed by atoms with van der Waals surface area (Å²) in [6.07, 6.45) is -0.724. The molecular formula is C24H27N3O6. The molecule has 174 valence electrons. The number of fused-ring (bicyclic) bond motifs is 1. The normalized spacial score (nSPS) is 17.5. The molecule has 0 bridgehead atoms. The number of morpholine rings is 1. The van der Waals surface area contributed by atoms with E-state index in [9.17, 15) is 14.4 Å². The number of ether oxygens (including phenoxy) is 3. The van der Waals surface area contributed by atoms with Gasteiger partial charge in [-0.3, -0.25) is 9.59 Å². The van der Waals surface area contributed by atoms with Crippen molar-refractivity contribution in [3.8, 4) is 5.75 Å². The molecule has 9 heteroatoms. The van der Waals surface area contributed by atoms with Crippen LogP contribution in [-0.2, 0) is 19.1 Å². The lowest BCUT2D eigenvalue weighted by Gasteiger charge is -2.38. The van der Waals surface area contributed by atoms with Gasteiger partial charge in [-0.2, -0.15) is 0 Å². The van der Waals surface area contributed by atoms with Crippen LogP contribution in [0.3, 0.4) is 0 Å². The first-order valence-electron chi connectivity index (χ1n) is 11.0. The maximum absolute atomic E-state index is 13.0. The Labute approximate surface area is 192 Å². The third-order valence-corrected chi connectivity index (χ3v) is 5.49. The summed E-state index contributed by atoms with van der Waals surface area (Å²) in [5.41, 5.74) is 1.40. The highest BCUT2D eigenvalue weighted by Crippen LogP contribution is 2.33. The van der Waals surface area contributed by atoms with Crippen molar-refractivity contribution in [2.24, 2.45) is 0 Å². The van der Waals surface area contributed by atoms with E-state index in [2.05, 4.69) is 5.32 Å². The number of esters is 1. The lowest BCUT2D eigenvalue weighted by molar-refractivity contribution is -0.142. The largest absolute Gasteiger partial charge is 0.477 e. The summed E-state index contributed by atoms with van der Waals surface area (Å²) in [5, 5.41) is 2.80. The minimum absolute atomic E-state index is 0.00950. The number of nitrogens with zero attached hydrogens (tertiary/aromatic N) is 2. The third-order valence-electron chi connectivity index (χ3n) is 5.49. The van der Waals surface area contributed by atoms with E-state index < -0.39 is 12.1 Å². The van der Waals surface area contributed by atoms with Crippen LogP contribution in [0.5, 0.6) is 5.75 Å². The maximum Gasteiger partial charge on any atom is 0.340 e. The topological polar surface area (TPSA) is 97.4 Å². The van der Waals surface area contributed by atoms with Crippen LogP contribution in [0.4, 0.5) is 11.4 Å². The molecule has 0 spiro atoms. The van der Waals surface area contributed by atoms with Crippen molar-refractivity contribution in [2.75, 3.05) is 56.2 Å². The van der Waals surface area contributed by atoms with Crippen LogP contribution in [0.2, 0.25) is 0 Å². The molecule has 33 heavy (non-hydrogen) atoms. The second-order valence-corrected chi connectivity index (χ2v) is 7.71.